The van der Waals surface area contributed by atoms with Crippen molar-refractivity contribution in [2.24, 2.45) is 5.92 Å². The summed E-state index contributed by atoms with van der Waals surface area (Å²) >= 11 is 1.58. The van der Waals surface area contributed by atoms with E-state index in [-0.39, 0.29) is 18.2 Å². The van der Waals surface area contributed by atoms with E-state index >= 15 is 0 Å². The Bertz CT molecular complexity index is 603. The minimum Gasteiger partial charge on any atom is -0.396 e. The quantitative estimate of drug-likeness (QED) is 0.517. The number of benzene rings is 1. The molecule has 0 saturated carbocycles. The van der Waals surface area contributed by atoms with E-state index in [1.54, 1.807) is 30.1 Å². The molecule has 2 aromatic rings. The molecule has 19 heavy (non-hydrogen) atoms. The van der Waals surface area contributed by atoms with Crippen LogP contribution in [0.3, 0.4) is 0 Å². The van der Waals surface area contributed by atoms with Gasteiger partial charge in [-0.3, -0.25) is 10.1 Å². The zero-order valence-electron chi connectivity index (χ0n) is 10.4. The van der Waals surface area contributed by atoms with E-state index in [1.807, 2.05) is 13.0 Å². The number of nitro groups is 1. The molecule has 1 atom stereocenters. The van der Waals surface area contributed by atoms with Gasteiger partial charge in [0.2, 0.25) is 0 Å². The normalized spacial score (nSPS) is 12.5. The summed E-state index contributed by atoms with van der Waals surface area (Å²) in [6.45, 7) is 2.09. The maximum absolute atomic E-state index is 11.0. The Morgan fingerprint density at radius 1 is 1.47 bits per heavy atom. The van der Waals surface area contributed by atoms with Crippen molar-refractivity contribution in [3.8, 4) is 0 Å². The highest BCUT2D eigenvalue weighted by Crippen LogP contribution is 2.33. The van der Waals surface area contributed by atoms with Crippen LogP contribution in [0.15, 0.2) is 35.4 Å². The number of aromatic nitrogens is 1. The second kappa shape index (κ2) is 5.99. The Morgan fingerprint density at radius 2 is 2.26 bits per heavy atom. The highest BCUT2D eigenvalue weighted by atomic mass is 32.2. The highest BCUT2D eigenvalue weighted by Gasteiger charge is 2.15. The van der Waals surface area contributed by atoms with Gasteiger partial charge in [0.1, 0.15) is 5.52 Å². The standard InChI is InChI=1S/C13H14N2O3S/c1-9(7-16)8-19-12-5-4-11(15(17)18)13-10(12)3-2-6-14-13/h2-6,9,16H,7-8H2,1H3. The SMILES string of the molecule is CC(CO)CSc1ccc([N+](=O)[O-])c2ncccc12. The van der Waals surface area contributed by atoms with Crippen molar-refractivity contribution in [1.82, 2.24) is 4.98 Å². The lowest BCUT2D eigenvalue weighted by Gasteiger charge is -2.09. The maximum Gasteiger partial charge on any atom is 0.295 e. The molecule has 0 spiro atoms. The number of thioether (sulfide) groups is 1. The van der Waals surface area contributed by atoms with Crippen LogP contribution >= 0.6 is 11.8 Å². The van der Waals surface area contributed by atoms with E-state index in [0.29, 0.717) is 5.52 Å². The molecule has 100 valence electrons. The predicted molar refractivity (Wildman–Crippen MR) is 75.4 cm³/mol. The largest absolute Gasteiger partial charge is 0.396 e. The number of aliphatic hydroxyl groups is 1. The average Bonchev–Trinajstić information content (AvgIpc) is 2.43. The van der Waals surface area contributed by atoms with Gasteiger partial charge in [-0.15, -0.1) is 11.8 Å². The number of pyridine rings is 1. The molecule has 0 aliphatic heterocycles. The van der Waals surface area contributed by atoms with E-state index in [4.69, 9.17) is 5.11 Å². The van der Waals surface area contributed by atoms with Crippen LogP contribution in [-0.2, 0) is 0 Å². The third-order valence-electron chi connectivity index (χ3n) is 2.74. The molecule has 0 aliphatic rings. The maximum atomic E-state index is 11.0. The van der Waals surface area contributed by atoms with E-state index in [0.717, 1.165) is 16.0 Å². The first-order valence-electron chi connectivity index (χ1n) is 5.89. The van der Waals surface area contributed by atoms with Crippen LogP contribution in [0.2, 0.25) is 0 Å². The molecule has 1 aromatic carbocycles. The fourth-order valence-corrected chi connectivity index (χ4v) is 2.74. The number of aliphatic hydroxyl groups excluding tert-OH is 1. The van der Waals surface area contributed by atoms with Crippen molar-refractivity contribution in [1.29, 1.82) is 0 Å². The predicted octanol–water partition coefficient (Wildman–Crippen LogP) is 2.86. The van der Waals surface area contributed by atoms with Crippen LogP contribution in [0, 0.1) is 16.0 Å². The van der Waals surface area contributed by atoms with Gasteiger partial charge in [0.15, 0.2) is 0 Å². The Balaban J connectivity index is 2.41. The zero-order chi connectivity index (χ0) is 13.8. The van der Waals surface area contributed by atoms with Crippen molar-refractivity contribution < 1.29 is 10.0 Å². The summed E-state index contributed by atoms with van der Waals surface area (Å²) in [5.41, 5.74) is 0.435. The number of nitro benzene ring substituents is 1. The van der Waals surface area contributed by atoms with Crippen molar-refractivity contribution >= 4 is 28.4 Å². The van der Waals surface area contributed by atoms with Gasteiger partial charge in [-0.05, 0) is 24.1 Å². The number of nitrogens with zero attached hydrogens (tertiary/aromatic N) is 2. The third kappa shape index (κ3) is 3.02. The average molecular weight is 278 g/mol. The first-order valence-corrected chi connectivity index (χ1v) is 6.88. The molecule has 0 radical (unpaired) electrons. The van der Waals surface area contributed by atoms with Crippen LogP contribution in [0.1, 0.15) is 6.92 Å². The molecular weight excluding hydrogens is 264 g/mol. The molecule has 0 bridgehead atoms. The summed E-state index contributed by atoms with van der Waals surface area (Å²) in [5.74, 6) is 0.949. The number of rotatable bonds is 5. The van der Waals surface area contributed by atoms with Crippen LogP contribution in [0.4, 0.5) is 5.69 Å². The Hall–Kier alpha value is -1.66. The summed E-state index contributed by atoms with van der Waals surface area (Å²) < 4.78 is 0. The lowest BCUT2D eigenvalue weighted by Crippen LogP contribution is -2.03. The molecule has 5 nitrogen and oxygen atoms in total. The molecule has 2 rings (SSSR count). The van der Waals surface area contributed by atoms with Gasteiger partial charge < -0.3 is 5.11 Å². The second-order valence-corrected chi connectivity index (χ2v) is 5.40. The van der Waals surface area contributed by atoms with Crippen LogP contribution in [-0.4, -0.2) is 27.4 Å². The van der Waals surface area contributed by atoms with E-state index in [9.17, 15) is 10.1 Å². The van der Waals surface area contributed by atoms with Gasteiger partial charge in [-0.1, -0.05) is 6.92 Å². The summed E-state index contributed by atoms with van der Waals surface area (Å²) in [6.07, 6.45) is 1.56. The third-order valence-corrected chi connectivity index (χ3v) is 4.14. The van der Waals surface area contributed by atoms with Gasteiger partial charge in [0.05, 0.1) is 4.92 Å². The van der Waals surface area contributed by atoms with Gasteiger partial charge in [0.25, 0.3) is 5.69 Å². The molecule has 0 amide bonds. The number of hydrogen-bond donors (Lipinski definition) is 1. The summed E-state index contributed by atoms with van der Waals surface area (Å²) in [6, 6.07) is 6.84. The van der Waals surface area contributed by atoms with Crippen LogP contribution < -0.4 is 0 Å². The molecule has 6 heteroatoms. The Kier molecular flexibility index (Phi) is 4.34. The molecule has 1 unspecified atom stereocenters. The van der Waals surface area contributed by atoms with E-state index in [2.05, 4.69) is 4.98 Å². The number of hydrogen-bond acceptors (Lipinski definition) is 5. The number of fused-ring (bicyclic) bond motifs is 1. The monoisotopic (exact) mass is 278 g/mol. The molecule has 1 heterocycles. The van der Waals surface area contributed by atoms with Crippen molar-refractivity contribution in [3.05, 3.63) is 40.6 Å². The highest BCUT2D eigenvalue weighted by molar-refractivity contribution is 7.99. The van der Waals surface area contributed by atoms with Crippen LogP contribution in [0.5, 0.6) is 0 Å². The molecular formula is C13H14N2O3S. The summed E-state index contributed by atoms with van der Waals surface area (Å²) in [5, 5.41) is 20.8. The number of non-ortho nitro benzene ring substituents is 1. The van der Waals surface area contributed by atoms with Gasteiger partial charge >= 0.3 is 0 Å². The topological polar surface area (TPSA) is 76.3 Å². The second-order valence-electron chi connectivity index (χ2n) is 4.34. The lowest BCUT2D eigenvalue weighted by atomic mass is 10.2. The fourth-order valence-electron chi connectivity index (χ4n) is 1.69. The van der Waals surface area contributed by atoms with E-state index in [1.165, 1.54) is 6.07 Å². The minimum absolute atomic E-state index is 0.0233. The first kappa shape index (κ1) is 13.8. The molecule has 0 fully saturated rings. The van der Waals surface area contributed by atoms with Crippen molar-refractivity contribution in [2.45, 2.75) is 11.8 Å². The Labute approximate surface area is 114 Å². The van der Waals surface area contributed by atoms with Gasteiger partial charge in [0, 0.05) is 34.9 Å². The van der Waals surface area contributed by atoms with Crippen molar-refractivity contribution in [2.75, 3.05) is 12.4 Å². The molecule has 1 N–H and O–H groups in total. The van der Waals surface area contributed by atoms with E-state index < -0.39 is 4.92 Å². The Morgan fingerprint density at radius 3 is 2.95 bits per heavy atom. The zero-order valence-corrected chi connectivity index (χ0v) is 11.3. The van der Waals surface area contributed by atoms with Crippen LogP contribution in [0.25, 0.3) is 10.9 Å². The summed E-state index contributed by atoms with van der Waals surface area (Å²) in [4.78, 5) is 15.6. The fraction of sp³-hybridized carbons (Fsp3) is 0.308. The smallest absolute Gasteiger partial charge is 0.295 e. The molecule has 1 aromatic heterocycles. The van der Waals surface area contributed by atoms with Crippen molar-refractivity contribution in [3.63, 3.8) is 0 Å². The minimum atomic E-state index is -0.417. The lowest BCUT2D eigenvalue weighted by molar-refractivity contribution is -0.383. The van der Waals surface area contributed by atoms with Gasteiger partial charge in [-0.2, -0.15) is 0 Å². The van der Waals surface area contributed by atoms with Gasteiger partial charge in [-0.25, -0.2) is 4.98 Å². The molecule has 0 saturated heterocycles. The summed E-state index contributed by atoms with van der Waals surface area (Å²) in [7, 11) is 0. The first-order chi connectivity index (χ1) is 9.13. The molecule has 0 aliphatic carbocycles.